The number of likely N-dealkylation sites (N-methyl/N-ethyl adjacent to an activating group) is 1. The van der Waals surface area contributed by atoms with Crippen molar-refractivity contribution in [3.63, 3.8) is 0 Å². The highest BCUT2D eigenvalue weighted by molar-refractivity contribution is 5.94. The van der Waals surface area contributed by atoms with Gasteiger partial charge >= 0.3 is 0 Å². The molecule has 0 saturated carbocycles. The van der Waals surface area contributed by atoms with Crippen LogP contribution in [-0.4, -0.2) is 52.6 Å². The number of rotatable bonds is 7. The highest BCUT2D eigenvalue weighted by Crippen LogP contribution is 2.25. The minimum absolute atomic E-state index is 0.0616. The van der Waals surface area contributed by atoms with E-state index in [1.54, 1.807) is 6.26 Å². The van der Waals surface area contributed by atoms with Gasteiger partial charge in [-0.15, -0.1) is 0 Å². The van der Waals surface area contributed by atoms with Crippen LogP contribution in [0.2, 0.25) is 0 Å². The van der Waals surface area contributed by atoms with E-state index in [0.29, 0.717) is 18.5 Å². The van der Waals surface area contributed by atoms with Crippen molar-refractivity contribution < 1.29 is 9.21 Å². The van der Waals surface area contributed by atoms with Crippen LogP contribution < -0.4 is 5.32 Å². The zero-order valence-electron chi connectivity index (χ0n) is 18.7. The van der Waals surface area contributed by atoms with Crippen molar-refractivity contribution >= 4 is 22.5 Å². The number of aromatic nitrogens is 3. The van der Waals surface area contributed by atoms with E-state index in [1.807, 2.05) is 84.2 Å². The lowest BCUT2D eigenvalue weighted by Gasteiger charge is -2.10. The maximum Gasteiger partial charge on any atom is 0.251 e. The maximum absolute atomic E-state index is 12.3. The number of nitrogens with one attached hydrogen (secondary N) is 1. The second-order valence-corrected chi connectivity index (χ2v) is 8.32. The first-order valence-electron chi connectivity index (χ1n) is 10.9. The fourth-order valence-electron chi connectivity index (χ4n) is 3.82. The van der Waals surface area contributed by atoms with Crippen LogP contribution in [-0.2, 0) is 6.42 Å². The first-order valence-corrected chi connectivity index (χ1v) is 10.9. The molecular formula is C26H25N5O2. The van der Waals surface area contributed by atoms with Crippen molar-refractivity contribution in [3.05, 3.63) is 89.9 Å². The van der Waals surface area contributed by atoms with E-state index in [2.05, 4.69) is 11.4 Å². The Balaban J connectivity index is 1.34. The number of pyridine rings is 1. The van der Waals surface area contributed by atoms with E-state index in [4.69, 9.17) is 14.5 Å². The summed E-state index contributed by atoms with van der Waals surface area (Å²) in [7, 11) is 3.96. The first-order chi connectivity index (χ1) is 16.1. The molecule has 5 aromatic rings. The highest BCUT2D eigenvalue weighted by atomic mass is 16.3. The SMILES string of the molecule is CN(C)CCNC(=O)c1ccc(Cc2nc3cccc(-c4ccc5occc5c4)n3n2)cc1. The normalized spacial score (nSPS) is 11.5. The Labute approximate surface area is 191 Å². The number of carbonyl (C=O) groups excluding carboxylic acids is 1. The van der Waals surface area contributed by atoms with Crippen molar-refractivity contribution in [2.45, 2.75) is 6.42 Å². The van der Waals surface area contributed by atoms with Gasteiger partial charge < -0.3 is 14.6 Å². The zero-order valence-corrected chi connectivity index (χ0v) is 18.7. The number of hydrogen-bond donors (Lipinski definition) is 1. The van der Waals surface area contributed by atoms with Crippen LogP contribution in [0.5, 0.6) is 0 Å². The minimum atomic E-state index is -0.0616. The average molecular weight is 440 g/mol. The van der Waals surface area contributed by atoms with Crippen LogP contribution in [0.25, 0.3) is 27.9 Å². The zero-order chi connectivity index (χ0) is 22.8. The molecular weight excluding hydrogens is 414 g/mol. The van der Waals surface area contributed by atoms with Gasteiger partial charge in [-0.05, 0) is 68.2 Å². The van der Waals surface area contributed by atoms with Gasteiger partial charge in [0.1, 0.15) is 5.58 Å². The predicted octanol–water partition coefficient (Wildman–Crippen LogP) is 4.02. The molecule has 7 heteroatoms. The Morgan fingerprint density at radius 1 is 1.06 bits per heavy atom. The Morgan fingerprint density at radius 2 is 1.91 bits per heavy atom. The lowest BCUT2D eigenvalue weighted by atomic mass is 10.1. The molecule has 0 radical (unpaired) electrons. The maximum atomic E-state index is 12.3. The molecule has 33 heavy (non-hydrogen) atoms. The molecule has 0 aliphatic rings. The lowest BCUT2D eigenvalue weighted by Crippen LogP contribution is -2.31. The molecule has 0 aliphatic carbocycles. The molecule has 1 N–H and O–H groups in total. The van der Waals surface area contributed by atoms with Gasteiger partial charge in [-0.3, -0.25) is 4.79 Å². The number of nitrogens with zero attached hydrogens (tertiary/aromatic N) is 4. The third-order valence-electron chi connectivity index (χ3n) is 5.57. The second-order valence-electron chi connectivity index (χ2n) is 8.32. The van der Waals surface area contributed by atoms with Crippen LogP contribution in [0.1, 0.15) is 21.7 Å². The molecule has 1 amide bonds. The number of carbonyl (C=O) groups is 1. The monoisotopic (exact) mass is 439 g/mol. The quantitative estimate of drug-likeness (QED) is 0.414. The summed E-state index contributed by atoms with van der Waals surface area (Å²) in [5, 5.41) is 8.75. The number of benzene rings is 2. The molecule has 5 rings (SSSR count). The topological polar surface area (TPSA) is 75.7 Å². The van der Waals surface area contributed by atoms with E-state index in [1.165, 1.54) is 0 Å². The van der Waals surface area contributed by atoms with Gasteiger partial charge in [-0.25, -0.2) is 9.50 Å². The summed E-state index contributed by atoms with van der Waals surface area (Å²) >= 11 is 0. The molecule has 0 spiro atoms. The highest BCUT2D eigenvalue weighted by Gasteiger charge is 2.11. The van der Waals surface area contributed by atoms with Gasteiger partial charge in [0, 0.05) is 36.0 Å². The molecule has 0 atom stereocenters. The fourth-order valence-corrected chi connectivity index (χ4v) is 3.82. The second kappa shape index (κ2) is 8.88. The standard InChI is InChI=1S/C26H25N5O2/c1-30(2)14-13-27-26(32)19-8-6-18(7-9-19)16-24-28-25-5-3-4-22(31(25)29-24)20-10-11-23-21(17-20)12-15-33-23/h3-12,15,17H,13-14,16H2,1-2H3,(H,27,32). The van der Waals surface area contributed by atoms with Gasteiger partial charge in [-0.2, -0.15) is 5.10 Å². The Morgan fingerprint density at radius 3 is 2.73 bits per heavy atom. The smallest absolute Gasteiger partial charge is 0.251 e. The van der Waals surface area contributed by atoms with E-state index < -0.39 is 0 Å². The van der Waals surface area contributed by atoms with Crippen molar-refractivity contribution in [2.24, 2.45) is 0 Å². The summed E-state index contributed by atoms with van der Waals surface area (Å²) in [5.41, 5.74) is 5.39. The third-order valence-corrected chi connectivity index (χ3v) is 5.57. The number of amides is 1. The van der Waals surface area contributed by atoms with Crippen LogP contribution in [0.4, 0.5) is 0 Å². The molecule has 166 valence electrons. The van der Waals surface area contributed by atoms with Gasteiger partial charge in [0.2, 0.25) is 0 Å². The molecule has 0 fully saturated rings. The molecule has 2 aromatic carbocycles. The van der Waals surface area contributed by atoms with Crippen molar-refractivity contribution in [1.82, 2.24) is 24.8 Å². The van der Waals surface area contributed by atoms with E-state index in [-0.39, 0.29) is 5.91 Å². The Kier molecular flexibility index (Phi) is 5.62. The molecule has 7 nitrogen and oxygen atoms in total. The largest absolute Gasteiger partial charge is 0.464 e. The van der Waals surface area contributed by atoms with E-state index >= 15 is 0 Å². The summed E-state index contributed by atoms with van der Waals surface area (Å²) in [5.74, 6) is 0.670. The first kappa shape index (κ1) is 20.9. The predicted molar refractivity (Wildman–Crippen MR) is 128 cm³/mol. The lowest BCUT2D eigenvalue weighted by molar-refractivity contribution is 0.0951. The fraction of sp³-hybridized carbons (Fsp3) is 0.192. The molecule has 3 aromatic heterocycles. The van der Waals surface area contributed by atoms with Gasteiger partial charge in [0.25, 0.3) is 5.91 Å². The summed E-state index contributed by atoms with van der Waals surface area (Å²) in [4.78, 5) is 19.0. The summed E-state index contributed by atoms with van der Waals surface area (Å²) < 4.78 is 7.33. The molecule has 0 saturated heterocycles. The third kappa shape index (κ3) is 4.49. The van der Waals surface area contributed by atoms with Crippen LogP contribution in [0.15, 0.2) is 77.4 Å². The molecule has 3 heterocycles. The van der Waals surface area contributed by atoms with Crippen LogP contribution in [0.3, 0.4) is 0 Å². The van der Waals surface area contributed by atoms with Crippen LogP contribution >= 0.6 is 0 Å². The van der Waals surface area contributed by atoms with E-state index in [0.717, 1.165) is 45.8 Å². The van der Waals surface area contributed by atoms with E-state index in [9.17, 15) is 4.79 Å². The molecule has 0 unspecified atom stereocenters. The van der Waals surface area contributed by atoms with Crippen molar-refractivity contribution in [1.29, 1.82) is 0 Å². The number of furan rings is 1. The molecule has 0 aliphatic heterocycles. The minimum Gasteiger partial charge on any atom is -0.464 e. The van der Waals surface area contributed by atoms with Crippen LogP contribution in [0, 0.1) is 0 Å². The van der Waals surface area contributed by atoms with Crippen molar-refractivity contribution in [3.8, 4) is 11.3 Å². The van der Waals surface area contributed by atoms with Gasteiger partial charge in [0.05, 0.1) is 12.0 Å². The summed E-state index contributed by atoms with van der Waals surface area (Å²) in [6.07, 6.45) is 2.28. The Hall–Kier alpha value is -3.97. The Bertz CT molecular complexity index is 1420. The number of fused-ring (bicyclic) bond motifs is 2. The average Bonchev–Trinajstić information content (AvgIpc) is 3.44. The number of hydrogen-bond acceptors (Lipinski definition) is 5. The van der Waals surface area contributed by atoms with Gasteiger partial charge in [0.15, 0.2) is 11.5 Å². The molecule has 0 bridgehead atoms. The van der Waals surface area contributed by atoms with Crippen molar-refractivity contribution in [2.75, 3.05) is 27.2 Å². The summed E-state index contributed by atoms with van der Waals surface area (Å²) in [6.45, 7) is 1.43. The van der Waals surface area contributed by atoms with Gasteiger partial charge in [-0.1, -0.05) is 18.2 Å². The summed E-state index contributed by atoms with van der Waals surface area (Å²) in [6, 6.07) is 21.7.